The predicted octanol–water partition coefficient (Wildman–Crippen LogP) is 2.75. The molecule has 1 saturated carbocycles. The largest absolute Gasteiger partial charge is 0.485 e. The summed E-state index contributed by atoms with van der Waals surface area (Å²) in [6, 6.07) is 5.75. The number of rotatable bonds is 5. The molecule has 3 rings (SSSR count). The molecule has 0 saturated heterocycles. The molecule has 100 valence electrons. The van der Waals surface area contributed by atoms with Crippen molar-refractivity contribution in [1.82, 2.24) is 10.1 Å². The van der Waals surface area contributed by atoms with Crippen molar-refractivity contribution in [3.63, 3.8) is 0 Å². The summed E-state index contributed by atoms with van der Waals surface area (Å²) < 4.78 is 11.9. The van der Waals surface area contributed by atoms with Crippen LogP contribution in [0.4, 0.5) is 0 Å². The topological polar surface area (TPSA) is 74.2 Å². The average molecular weight is 324 g/mol. The summed E-state index contributed by atoms with van der Waals surface area (Å²) in [6.07, 6.45) is 2.29. The lowest BCUT2D eigenvalue weighted by atomic mass is 10.2. The number of nitrogens with zero attached hydrogens (tertiary/aromatic N) is 2. The van der Waals surface area contributed by atoms with E-state index in [2.05, 4.69) is 26.1 Å². The lowest BCUT2D eigenvalue weighted by molar-refractivity contribution is 0.282. The van der Waals surface area contributed by atoms with E-state index in [1.54, 1.807) is 0 Å². The molecule has 1 aromatic carbocycles. The first kappa shape index (κ1) is 12.6. The Morgan fingerprint density at radius 3 is 3.00 bits per heavy atom. The summed E-state index contributed by atoms with van der Waals surface area (Å²) in [5, 5.41) is 3.91. The van der Waals surface area contributed by atoms with Crippen molar-refractivity contribution in [3.05, 3.63) is 40.0 Å². The van der Waals surface area contributed by atoms with Crippen molar-refractivity contribution in [3.8, 4) is 5.75 Å². The summed E-state index contributed by atoms with van der Waals surface area (Å²) in [7, 11) is 0. The molecule has 0 atom stereocenters. The van der Waals surface area contributed by atoms with Gasteiger partial charge >= 0.3 is 0 Å². The zero-order chi connectivity index (χ0) is 13.2. The maximum atomic E-state index is 5.70. The van der Waals surface area contributed by atoms with Gasteiger partial charge in [0.2, 0.25) is 11.7 Å². The maximum absolute atomic E-state index is 5.70. The smallest absolute Gasteiger partial charge is 0.229 e. The third-order valence-corrected chi connectivity index (χ3v) is 3.50. The monoisotopic (exact) mass is 323 g/mol. The fourth-order valence-corrected chi connectivity index (χ4v) is 2.22. The molecule has 0 radical (unpaired) electrons. The van der Waals surface area contributed by atoms with Gasteiger partial charge < -0.3 is 15.0 Å². The normalized spacial score (nSPS) is 14.6. The minimum Gasteiger partial charge on any atom is -0.485 e. The molecule has 1 aliphatic rings. The molecule has 19 heavy (non-hydrogen) atoms. The predicted molar refractivity (Wildman–Crippen MR) is 72.6 cm³/mol. The Balaban J connectivity index is 1.67. The van der Waals surface area contributed by atoms with Crippen LogP contribution in [0.5, 0.6) is 5.75 Å². The molecule has 0 bridgehead atoms. The number of aromatic nitrogens is 2. The standard InChI is InChI=1S/C13H14BrN3O2/c14-10-3-4-11(9(5-10)6-15)18-7-12-16-13(19-17-12)8-1-2-8/h3-5,8H,1-2,6-7,15H2. The van der Waals surface area contributed by atoms with Gasteiger partial charge in [0.15, 0.2) is 6.61 Å². The van der Waals surface area contributed by atoms with E-state index in [0.29, 0.717) is 24.9 Å². The van der Waals surface area contributed by atoms with Crippen molar-refractivity contribution in [2.45, 2.75) is 31.9 Å². The second kappa shape index (κ2) is 5.30. The van der Waals surface area contributed by atoms with Gasteiger partial charge in [-0.2, -0.15) is 4.98 Å². The quantitative estimate of drug-likeness (QED) is 0.915. The number of benzene rings is 1. The molecular formula is C13H14BrN3O2. The summed E-state index contributed by atoms with van der Waals surface area (Å²) in [5.74, 6) is 2.53. The SMILES string of the molecule is NCc1cc(Br)ccc1OCc1noc(C2CC2)n1. The van der Waals surface area contributed by atoms with Gasteiger partial charge in [0.05, 0.1) is 0 Å². The fraction of sp³-hybridized carbons (Fsp3) is 0.385. The van der Waals surface area contributed by atoms with Crippen molar-refractivity contribution in [1.29, 1.82) is 0 Å². The average Bonchev–Trinajstić information content (AvgIpc) is 3.17. The number of ether oxygens (including phenoxy) is 1. The van der Waals surface area contributed by atoms with Gasteiger partial charge in [0.1, 0.15) is 5.75 Å². The fourth-order valence-electron chi connectivity index (χ4n) is 1.81. The second-order valence-corrected chi connectivity index (χ2v) is 5.48. The van der Waals surface area contributed by atoms with E-state index >= 15 is 0 Å². The molecule has 1 heterocycles. The Labute approximate surface area is 119 Å². The molecule has 1 aromatic heterocycles. The third-order valence-electron chi connectivity index (χ3n) is 3.01. The highest BCUT2D eigenvalue weighted by molar-refractivity contribution is 9.10. The van der Waals surface area contributed by atoms with Crippen molar-refractivity contribution >= 4 is 15.9 Å². The Hall–Kier alpha value is -1.40. The molecule has 5 nitrogen and oxygen atoms in total. The Kier molecular flexibility index (Phi) is 3.52. The minimum absolute atomic E-state index is 0.296. The lowest BCUT2D eigenvalue weighted by Gasteiger charge is -2.08. The van der Waals surface area contributed by atoms with Gasteiger partial charge in [-0.05, 0) is 31.0 Å². The highest BCUT2D eigenvalue weighted by Crippen LogP contribution is 2.38. The lowest BCUT2D eigenvalue weighted by Crippen LogP contribution is -2.03. The van der Waals surface area contributed by atoms with E-state index in [1.807, 2.05) is 18.2 Å². The van der Waals surface area contributed by atoms with Crippen LogP contribution in [0.3, 0.4) is 0 Å². The molecule has 0 aliphatic heterocycles. The highest BCUT2D eigenvalue weighted by Gasteiger charge is 2.29. The van der Waals surface area contributed by atoms with Gasteiger partial charge in [0, 0.05) is 22.5 Å². The van der Waals surface area contributed by atoms with E-state index in [4.69, 9.17) is 15.0 Å². The molecule has 2 aromatic rings. The van der Waals surface area contributed by atoms with Gasteiger partial charge in [-0.1, -0.05) is 21.1 Å². The summed E-state index contributed by atoms with van der Waals surface area (Å²) in [4.78, 5) is 4.32. The van der Waals surface area contributed by atoms with Gasteiger partial charge in [0.25, 0.3) is 0 Å². The van der Waals surface area contributed by atoms with Crippen molar-refractivity contribution < 1.29 is 9.26 Å². The van der Waals surface area contributed by atoms with E-state index in [1.165, 1.54) is 0 Å². The maximum Gasteiger partial charge on any atom is 0.229 e. The van der Waals surface area contributed by atoms with Crippen LogP contribution in [-0.2, 0) is 13.2 Å². The van der Waals surface area contributed by atoms with Gasteiger partial charge in [-0.25, -0.2) is 0 Å². The van der Waals surface area contributed by atoms with Crippen molar-refractivity contribution in [2.24, 2.45) is 5.73 Å². The molecule has 0 amide bonds. The van der Waals surface area contributed by atoms with E-state index in [-0.39, 0.29) is 0 Å². The number of nitrogens with two attached hydrogens (primary N) is 1. The van der Waals surface area contributed by atoms with Crippen molar-refractivity contribution in [2.75, 3.05) is 0 Å². The van der Waals surface area contributed by atoms with Crippen LogP contribution >= 0.6 is 15.9 Å². The van der Waals surface area contributed by atoms with Crippen LogP contribution < -0.4 is 10.5 Å². The molecule has 6 heteroatoms. The number of hydrogen-bond acceptors (Lipinski definition) is 5. The second-order valence-electron chi connectivity index (χ2n) is 4.57. The molecule has 1 aliphatic carbocycles. The molecular weight excluding hydrogens is 310 g/mol. The summed E-state index contributed by atoms with van der Waals surface area (Å²) in [6.45, 7) is 0.721. The first-order chi connectivity index (χ1) is 9.26. The Morgan fingerprint density at radius 2 is 2.26 bits per heavy atom. The zero-order valence-corrected chi connectivity index (χ0v) is 11.9. The Morgan fingerprint density at radius 1 is 1.42 bits per heavy atom. The number of halogens is 1. The molecule has 0 unspecified atom stereocenters. The van der Waals surface area contributed by atoms with Crippen LogP contribution in [-0.4, -0.2) is 10.1 Å². The van der Waals surface area contributed by atoms with Crippen LogP contribution in [0, 0.1) is 0 Å². The summed E-state index contributed by atoms with van der Waals surface area (Å²) >= 11 is 3.41. The van der Waals surface area contributed by atoms with Crippen LogP contribution in [0.2, 0.25) is 0 Å². The minimum atomic E-state index is 0.296. The third kappa shape index (κ3) is 2.96. The van der Waals surface area contributed by atoms with E-state index in [9.17, 15) is 0 Å². The number of hydrogen-bond donors (Lipinski definition) is 1. The molecule has 2 N–H and O–H groups in total. The van der Waals surface area contributed by atoms with Crippen LogP contribution in [0.15, 0.2) is 27.2 Å². The van der Waals surface area contributed by atoms with Gasteiger partial charge in [-0.15, -0.1) is 0 Å². The summed E-state index contributed by atoms with van der Waals surface area (Å²) in [5.41, 5.74) is 6.63. The molecule has 0 spiro atoms. The first-order valence-corrected chi connectivity index (χ1v) is 6.99. The van der Waals surface area contributed by atoms with E-state index in [0.717, 1.165) is 34.5 Å². The molecule has 1 fully saturated rings. The van der Waals surface area contributed by atoms with E-state index < -0.39 is 0 Å². The van der Waals surface area contributed by atoms with Gasteiger partial charge in [-0.3, -0.25) is 0 Å². The van der Waals surface area contributed by atoms with Crippen LogP contribution in [0.25, 0.3) is 0 Å². The highest BCUT2D eigenvalue weighted by atomic mass is 79.9. The first-order valence-electron chi connectivity index (χ1n) is 6.20. The zero-order valence-electron chi connectivity index (χ0n) is 10.3. The van der Waals surface area contributed by atoms with Crippen LogP contribution in [0.1, 0.15) is 36.0 Å². The Bertz CT molecular complexity index is 581.